The Bertz CT molecular complexity index is 2250. The highest BCUT2D eigenvalue weighted by Crippen LogP contribution is 2.43. The van der Waals surface area contributed by atoms with Crippen LogP contribution in [0, 0.1) is 5.82 Å². The third kappa shape index (κ3) is 7.51. The first-order valence-electron chi connectivity index (χ1n) is 17.0. The van der Waals surface area contributed by atoms with Crippen LogP contribution >= 0.6 is 23.2 Å². The smallest absolute Gasteiger partial charge is 0.262 e. The van der Waals surface area contributed by atoms with Crippen LogP contribution in [0.25, 0.3) is 39.2 Å². The molecular weight excluding hydrogens is 708 g/mol. The number of methoxy groups -OCH3 is 1. The van der Waals surface area contributed by atoms with Crippen LogP contribution in [0.1, 0.15) is 36.8 Å². The Morgan fingerprint density at radius 1 is 0.846 bits per heavy atom. The molecule has 5 aromatic rings. The van der Waals surface area contributed by atoms with Crippen LogP contribution in [0.5, 0.6) is 5.88 Å². The van der Waals surface area contributed by atoms with Crippen LogP contribution in [0.3, 0.4) is 0 Å². The molecule has 268 valence electrons. The summed E-state index contributed by atoms with van der Waals surface area (Å²) in [7, 11) is 1.55. The van der Waals surface area contributed by atoms with Gasteiger partial charge in [-0.3, -0.25) is 18.8 Å². The largest absolute Gasteiger partial charge is 0.481 e. The molecule has 0 spiro atoms. The average Bonchev–Trinajstić information content (AvgIpc) is 3.76. The third-order valence-corrected chi connectivity index (χ3v) is 10.2. The fourth-order valence-corrected chi connectivity index (χ4v) is 7.33. The maximum atomic E-state index is 15.3. The fourth-order valence-electron chi connectivity index (χ4n) is 6.69. The first-order chi connectivity index (χ1) is 25.2. The molecule has 52 heavy (non-hydrogen) atoms. The zero-order valence-electron chi connectivity index (χ0n) is 28.3. The number of hydrogen-bond donors (Lipinski definition) is 4. The lowest BCUT2D eigenvalue weighted by molar-refractivity contribution is -0.120. The summed E-state index contributed by atoms with van der Waals surface area (Å²) in [6, 6.07) is 15.4. The second-order valence-corrected chi connectivity index (χ2v) is 13.7. The van der Waals surface area contributed by atoms with E-state index in [2.05, 4.69) is 26.3 Å². The molecule has 2 amide bonds. The molecule has 0 aliphatic carbocycles. The highest BCUT2D eigenvalue weighted by Gasteiger charge is 2.22. The summed E-state index contributed by atoms with van der Waals surface area (Å²) >= 11 is 14.0. The molecule has 7 rings (SSSR count). The number of benzene rings is 2. The molecule has 0 saturated carbocycles. The van der Waals surface area contributed by atoms with Crippen LogP contribution in [0.15, 0.2) is 71.8 Å². The Morgan fingerprint density at radius 3 is 2.17 bits per heavy atom. The van der Waals surface area contributed by atoms with Crippen molar-refractivity contribution >= 4 is 40.7 Å². The third-order valence-electron chi connectivity index (χ3n) is 9.41. The van der Waals surface area contributed by atoms with Crippen molar-refractivity contribution in [3.8, 4) is 39.4 Å². The number of carbonyl (C=O) groups is 2. The summed E-state index contributed by atoms with van der Waals surface area (Å²) < 4.78 is 22.4. The summed E-state index contributed by atoms with van der Waals surface area (Å²) in [5.74, 6) is 0.0201. The van der Waals surface area contributed by atoms with Crippen LogP contribution in [-0.4, -0.2) is 58.5 Å². The van der Waals surface area contributed by atoms with Gasteiger partial charge in [0.15, 0.2) is 0 Å². The van der Waals surface area contributed by atoms with Gasteiger partial charge in [-0.15, -0.1) is 0 Å². The van der Waals surface area contributed by atoms with E-state index in [0.717, 1.165) is 18.4 Å². The highest BCUT2D eigenvalue weighted by molar-refractivity contribution is 6.39. The van der Waals surface area contributed by atoms with E-state index in [1.165, 1.54) is 22.7 Å². The van der Waals surface area contributed by atoms with E-state index in [9.17, 15) is 14.4 Å². The normalized spacial score (nSPS) is 17.1. The van der Waals surface area contributed by atoms with Crippen molar-refractivity contribution in [3.05, 3.63) is 104 Å². The van der Waals surface area contributed by atoms with E-state index >= 15 is 4.39 Å². The summed E-state index contributed by atoms with van der Waals surface area (Å²) in [5.41, 5.74) is 4.52. The van der Waals surface area contributed by atoms with Gasteiger partial charge in [-0.05, 0) is 48.7 Å². The molecule has 3 aromatic heterocycles. The van der Waals surface area contributed by atoms with Crippen molar-refractivity contribution in [2.75, 3.05) is 20.2 Å². The summed E-state index contributed by atoms with van der Waals surface area (Å²) in [5, 5.41) is 13.0. The molecule has 0 bridgehead atoms. The van der Waals surface area contributed by atoms with Crippen molar-refractivity contribution in [2.45, 2.75) is 50.9 Å². The number of carbonyl (C=O) groups excluding carboxylic acids is 2. The standard InChI is InChI=1S/C38H36Cl2FN7O4/c1-52-37-22(16-42-19-25-6-9-33(49)45-25)5-8-31(47-37)28-4-2-3-27(35(28)39)30-15-24(41)14-29(36(30)40)21-11-12-48-32(13-21)44-18-23(38(48)51)17-43-20-26-7-10-34(50)46-26/h2-5,8,11-15,18,25-26,42-43H,6-7,9-10,16-17,19-20H2,1H3,(H,45,49)(H,46,50)/t25-,26-/m1/s1. The molecule has 5 heterocycles. The number of fused-ring (bicyclic) bond motifs is 1. The second-order valence-electron chi connectivity index (χ2n) is 12.9. The van der Waals surface area contributed by atoms with Gasteiger partial charge < -0.3 is 26.0 Å². The van der Waals surface area contributed by atoms with Gasteiger partial charge in [0.25, 0.3) is 5.56 Å². The molecule has 2 aliphatic heterocycles. The van der Waals surface area contributed by atoms with Gasteiger partial charge in [0, 0.05) is 96.9 Å². The predicted molar refractivity (Wildman–Crippen MR) is 198 cm³/mol. The second kappa shape index (κ2) is 15.4. The number of rotatable bonds is 12. The van der Waals surface area contributed by atoms with Gasteiger partial charge in [0.05, 0.1) is 22.8 Å². The molecule has 2 aromatic carbocycles. The number of amides is 2. The number of nitrogens with zero attached hydrogens (tertiary/aromatic N) is 3. The van der Waals surface area contributed by atoms with Crippen LogP contribution in [0.4, 0.5) is 4.39 Å². The molecule has 2 saturated heterocycles. The number of aromatic nitrogens is 3. The van der Waals surface area contributed by atoms with Gasteiger partial charge in [0.2, 0.25) is 17.7 Å². The number of halogens is 3. The molecule has 2 fully saturated rings. The minimum atomic E-state index is -0.519. The summed E-state index contributed by atoms with van der Waals surface area (Å²) in [4.78, 5) is 45.5. The van der Waals surface area contributed by atoms with Gasteiger partial charge in [-0.1, -0.05) is 47.5 Å². The summed E-state index contributed by atoms with van der Waals surface area (Å²) in [6.07, 6.45) is 5.74. The van der Waals surface area contributed by atoms with E-state index in [4.69, 9.17) is 32.9 Å². The van der Waals surface area contributed by atoms with Crippen LogP contribution in [-0.2, 0) is 22.7 Å². The fraction of sp³-hybridized carbons (Fsp3) is 0.289. The quantitative estimate of drug-likeness (QED) is 0.136. The maximum absolute atomic E-state index is 15.3. The van der Waals surface area contributed by atoms with Crippen LogP contribution in [0.2, 0.25) is 10.0 Å². The van der Waals surface area contributed by atoms with Gasteiger partial charge in [-0.25, -0.2) is 14.4 Å². The SMILES string of the molecule is COc1nc(-c2cccc(-c3cc(F)cc(-c4ccn5c(=O)c(CNC[C@H]6CCC(=O)N6)cnc5c4)c3Cl)c2Cl)ccc1CNC[C@H]1CCC(=O)N1. The van der Waals surface area contributed by atoms with Crippen molar-refractivity contribution in [1.82, 2.24) is 35.6 Å². The number of hydrogen-bond acceptors (Lipinski definition) is 8. The Hall–Kier alpha value is -4.88. The predicted octanol–water partition coefficient (Wildman–Crippen LogP) is 5.28. The minimum Gasteiger partial charge on any atom is -0.481 e. The zero-order valence-corrected chi connectivity index (χ0v) is 29.8. The summed E-state index contributed by atoms with van der Waals surface area (Å²) in [6.45, 7) is 1.99. The Kier molecular flexibility index (Phi) is 10.5. The lowest BCUT2D eigenvalue weighted by Gasteiger charge is -2.16. The van der Waals surface area contributed by atoms with E-state index in [1.54, 1.807) is 37.6 Å². The van der Waals surface area contributed by atoms with Gasteiger partial charge >= 0.3 is 0 Å². The Labute approximate surface area is 308 Å². The maximum Gasteiger partial charge on any atom is 0.262 e. The number of nitrogens with one attached hydrogen (secondary N) is 4. The highest BCUT2D eigenvalue weighted by atomic mass is 35.5. The molecule has 2 atom stereocenters. The Balaban J connectivity index is 1.13. The van der Waals surface area contributed by atoms with E-state index in [0.29, 0.717) is 94.6 Å². The first kappa shape index (κ1) is 35.5. The topological polar surface area (TPSA) is 139 Å². The first-order valence-corrected chi connectivity index (χ1v) is 17.8. The number of ether oxygens (including phenoxy) is 1. The molecule has 0 unspecified atom stereocenters. The molecule has 4 N–H and O–H groups in total. The molecule has 14 heteroatoms. The van der Waals surface area contributed by atoms with Crippen molar-refractivity contribution < 1.29 is 18.7 Å². The molecule has 0 radical (unpaired) electrons. The van der Waals surface area contributed by atoms with Crippen LogP contribution < -0.4 is 31.6 Å². The van der Waals surface area contributed by atoms with Gasteiger partial charge in [-0.2, -0.15) is 0 Å². The average molecular weight is 745 g/mol. The monoisotopic (exact) mass is 743 g/mol. The molecular formula is C38H36Cl2FN7O4. The van der Waals surface area contributed by atoms with E-state index in [1.807, 2.05) is 18.2 Å². The van der Waals surface area contributed by atoms with Crippen molar-refractivity contribution in [3.63, 3.8) is 0 Å². The molecule has 2 aliphatic rings. The lowest BCUT2D eigenvalue weighted by Crippen LogP contribution is -2.36. The van der Waals surface area contributed by atoms with E-state index < -0.39 is 5.82 Å². The van der Waals surface area contributed by atoms with Crippen molar-refractivity contribution in [2.24, 2.45) is 0 Å². The van der Waals surface area contributed by atoms with E-state index in [-0.39, 0.29) is 34.5 Å². The lowest BCUT2D eigenvalue weighted by atomic mass is 9.96. The van der Waals surface area contributed by atoms with Crippen molar-refractivity contribution in [1.29, 1.82) is 0 Å². The Morgan fingerprint density at radius 2 is 1.50 bits per heavy atom. The number of pyridine rings is 2. The molecule has 11 nitrogen and oxygen atoms in total. The van der Waals surface area contributed by atoms with Gasteiger partial charge in [0.1, 0.15) is 11.5 Å². The zero-order chi connectivity index (χ0) is 36.4. The minimum absolute atomic E-state index is 0.0375.